The van der Waals surface area contributed by atoms with Gasteiger partial charge in [0.1, 0.15) is 10.7 Å². The highest BCUT2D eigenvalue weighted by molar-refractivity contribution is 7.89. The molecule has 0 radical (unpaired) electrons. The topological polar surface area (TPSA) is 92.5 Å². The largest absolute Gasteiger partial charge is 0.340 e. The van der Waals surface area contributed by atoms with Crippen LogP contribution in [0.25, 0.3) is 0 Å². The molecule has 0 aromatic heterocycles. The molecule has 2 atom stereocenters. The second kappa shape index (κ2) is 8.05. The van der Waals surface area contributed by atoms with Gasteiger partial charge in [-0.2, -0.15) is 4.72 Å². The first-order valence-electron chi connectivity index (χ1n) is 7.12. The summed E-state index contributed by atoms with van der Waals surface area (Å²) in [7, 11) is -4.09. The first-order valence-corrected chi connectivity index (χ1v) is 8.61. The highest BCUT2D eigenvalue weighted by Gasteiger charge is 2.29. The van der Waals surface area contributed by atoms with Crippen LogP contribution in [0.5, 0.6) is 0 Å². The van der Waals surface area contributed by atoms with Crippen molar-refractivity contribution in [3.05, 3.63) is 30.1 Å². The molecule has 0 bridgehead atoms. The maximum absolute atomic E-state index is 13.6. The summed E-state index contributed by atoms with van der Waals surface area (Å²) in [4.78, 5) is 13.4. The van der Waals surface area contributed by atoms with Crippen molar-refractivity contribution >= 4 is 28.3 Å². The average Bonchev–Trinajstić information content (AvgIpc) is 2.46. The fraction of sp³-hybridized carbons (Fsp3) is 0.500. The number of halogens is 2. The summed E-state index contributed by atoms with van der Waals surface area (Å²) in [6, 6.07) is 3.98. The van der Waals surface area contributed by atoms with Gasteiger partial charge in [-0.15, -0.1) is 12.4 Å². The van der Waals surface area contributed by atoms with Crippen LogP contribution in [-0.4, -0.2) is 44.4 Å². The molecule has 2 rings (SSSR count). The lowest BCUT2D eigenvalue weighted by atomic mass is 10.1. The van der Waals surface area contributed by atoms with E-state index in [9.17, 15) is 17.6 Å². The second-order valence-corrected chi connectivity index (χ2v) is 7.14. The molecule has 130 valence electrons. The van der Waals surface area contributed by atoms with Gasteiger partial charge in [0, 0.05) is 19.1 Å². The molecule has 2 unspecified atom stereocenters. The molecule has 9 heteroatoms. The van der Waals surface area contributed by atoms with Crippen LogP contribution in [0.1, 0.15) is 19.8 Å². The van der Waals surface area contributed by atoms with Gasteiger partial charge in [0.2, 0.25) is 15.9 Å². The van der Waals surface area contributed by atoms with Crippen LogP contribution in [0.4, 0.5) is 4.39 Å². The van der Waals surface area contributed by atoms with E-state index in [0.717, 1.165) is 25.0 Å². The molecule has 1 heterocycles. The van der Waals surface area contributed by atoms with E-state index in [0.29, 0.717) is 13.1 Å². The Morgan fingerprint density at radius 2 is 2.09 bits per heavy atom. The zero-order valence-corrected chi connectivity index (χ0v) is 14.4. The van der Waals surface area contributed by atoms with Crippen molar-refractivity contribution in [2.45, 2.75) is 36.7 Å². The SMILES string of the molecule is CC(NS(=O)(=O)c1ccccc1F)C(=O)N1CCCC(N)C1.Cl. The smallest absolute Gasteiger partial charge is 0.244 e. The maximum Gasteiger partial charge on any atom is 0.244 e. The third kappa shape index (κ3) is 4.87. The van der Waals surface area contributed by atoms with Crippen LogP contribution in [-0.2, 0) is 14.8 Å². The zero-order valence-electron chi connectivity index (χ0n) is 12.7. The van der Waals surface area contributed by atoms with Gasteiger partial charge in [-0.05, 0) is 31.9 Å². The van der Waals surface area contributed by atoms with E-state index < -0.39 is 26.8 Å². The Kier molecular flexibility index (Phi) is 6.94. The van der Waals surface area contributed by atoms with Crippen molar-refractivity contribution in [3.63, 3.8) is 0 Å². The van der Waals surface area contributed by atoms with E-state index in [-0.39, 0.29) is 24.4 Å². The normalized spacial score (nSPS) is 19.8. The van der Waals surface area contributed by atoms with Gasteiger partial charge in [0.25, 0.3) is 0 Å². The van der Waals surface area contributed by atoms with Crippen LogP contribution in [0, 0.1) is 5.82 Å². The van der Waals surface area contributed by atoms with Crippen LogP contribution in [0.15, 0.2) is 29.2 Å². The van der Waals surface area contributed by atoms with Gasteiger partial charge in [0.05, 0.1) is 6.04 Å². The number of benzene rings is 1. The van der Waals surface area contributed by atoms with E-state index in [1.165, 1.54) is 19.1 Å². The minimum Gasteiger partial charge on any atom is -0.340 e. The number of hydrogen-bond donors (Lipinski definition) is 2. The molecule has 6 nitrogen and oxygen atoms in total. The Hall–Kier alpha value is -1.22. The third-order valence-corrected chi connectivity index (χ3v) is 5.17. The second-order valence-electron chi connectivity index (χ2n) is 5.46. The summed E-state index contributed by atoms with van der Waals surface area (Å²) in [6.45, 7) is 2.41. The summed E-state index contributed by atoms with van der Waals surface area (Å²) < 4.78 is 40.2. The molecule has 1 aromatic carbocycles. The average molecular weight is 366 g/mol. The lowest BCUT2D eigenvalue weighted by Gasteiger charge is -2.32. The number of carbonyl (C=O) groups excluding carboxylic acids is 1. The Labute approximate surface area is 141 Å². The van der Waals surface area contributed by atoms with Crippen LogP contribution < -0.4 is 10.5 Å². The number of nitrogens with two attached hydrogens (primary N) is 1. The molecule has 1 saturated heterocycles. The van der Waals surface area contributed by atoms with Crippen LogP contribution >= 0.6 is 12.4 Å². The Morgan fingerprint density at radius 1 is 1.43 bits per heavy atom. The molecule has 0 spiro atoms. The van der Waals surface area contributed by atoms with Gasteiger partial charge < -0.3 is 10.6 Å². The summed E-state index contributed by atoms with van der Waals surface area (Å²) in [5.74, 6) is -1.20. The van der Waals surface area contributed by atoms with Gasteiger partial charge in [0.15, 0.2) is 0 Å². The molecule has 0 saturated carbocycles. The number of hydrogen-bond acceptors (Lipinski definition) is 4. The van der Waals surface area contributed by atoms with Crippen LogP contribution in [0.2, 0.25) is 0 Å². The number of carbonyl (C=O) groups is 1. The van der Waals surface area contributed by atoms with E-state index >= 15 is 0 Å². The number of nitrogens with one attached hydrogen (secondary N) is 1. The first-order chi connectivity index (χ1) is 10.3. The number of piperidine rings is 1. The first kappa shape index (κ1) is 19.8. The van der Waals surface area contributed by atoms with Crippen LogP contribution in [0.3, 0.4) is 0 Å². The quantitative estimate of drug-likeness (QED) is 0.827. The lowest BCUT2D eigenvalue weighted by molar-refractivity contribution is -0.133. The molecule has 1 fully saturated rings. The minimum atomic E-state index is -4.09. The van der Waals surface area contributed by atoms with Gasteiger partial charge in [-0.3, -0.25) is 4.79 Å². The summed E-state index contributed by atoms with van der Waals surface area (Å²) >= 11 is 0. The summed E-state index contributed by atoms with van der Waals surface area (Å²) in [5, 5.41) is 0. The number of likely N-dealkylation sites (tertiary alicyclic amines) is 1. The predicted molar refractivity (Wildman–Crippen MR) is 87.2 cm³/mol. The number of nitrogens with zero attached hydrogens (tertiary/aromatic N) is 1. The van der Waals surface area contributed by atoms with Gasteiger partial charge in [-0.25, -0.2) is 12.8 Å². The summed E-state index contributed by atoms with van der Waals surface area (Å²) in [5.41, 5.74) is 5.82. The summed E-state index contributed by atoms with van der Waals surface area (Å²) in [6.07, 6.45) is 1.64. The Bertz CT molecular complexity index is 656. The minimum absolute atomic E-state index is 0. The molecule has 23 heavy (non-hydrogen) atoms. The van der Waals surface area contributed by atoms with Crippen molar-refractivity contribution in [1.82, 2.24) is 9.62 Å². The molecule has 3 N–H and O–H groups in total. The monoisotopic (exact) mass is 365 g/mol. The predicted octanol–water partition coefficient (Wildman–Crippen LogP) is 0.864. The van der Waals surface area contributed by atoms with E-state index in [4.69, 9.17) is 5.73 Å². The molecule has 1 aromatic rings. The molecular weight excluding hydrogens is 345 g/mol. The number of amides is 1. The fourth-order valence-corrected chi connectivity index (χ4v) is 3.77. The van der Waals surface area contributed by atoms with Crippen molar-refractivity contribution < 1.29 is 17.6 Å². The highest BCUT2D eigenvalue weighted by atomic mass is 35.5. The maximum atomic E-state index is 13.6. The Morgan fingerprint density at radius 3 is 2.70 bits per heavy atom. The molecule has 1 aliphatic rings. The zero-order chi connectivity index (χ0) is 16.3. The molecular formula is C14H21ClFN3O3S. The standard InChI is InChI=1S/C14H20FN3O3S.ClH/c1-10(14(19)18-8-4-5-11(16)9-18)17-22(20,21)13-7-3-2-6-12(13)15;/h2-3,6-7,10-11,17H,4-5,8-9,16H2,1H3;1H. The molecule has 1 aliphatic heterocycles. The van der Waals surface area contributed by atoms with Crippen molar-refractivity contribution in [1.29, 1.82) is 0 Å². The van der Waals surface area contributed by atoms with E-state index in [2.05, 4.69) is 4.72 Å². The molecule has 1 amide bonds. The third-order valence-electron chi connectivity index (χ3n) is 3.60. The van der Waals surface area contributed by atoms with E-state index in [1.54, 1.807) is 4.90 Å². The lowest BCUT2D eigenvalue weighted by Crippen LogP contribution is -2.52. The van der Waals surface area contributed by atoms with E-state index in [1.807, 2.05) is 0 Å². The van der Waals surface area contributed by atoms with Crippen molar-refractivity contribution in [2.24, 2.45) is 5.73 Å². The van der Waals surface area contributed by atoms with Gasteiger partial charge >= 0.3 is 0 Å². The number of sulfonamides is 1. The number of rotatable bonds is 4. The fourth-order valence-electron chi connectivity index (χ4n) is 2.49. The van der Waals surface area contributed by atoms with Crippen molar-refractivity contribution in [3.8, 4) is 0 Å². The Balaban J connectivity index is 0.00000264. The van der Waals surface area contributed by atoms with Crippen molar-refractivity contribution in [2.75, 3.05) is 13.1 Å². The van der Waals surface area contributed by atoms with Gasteiger partial charge in [-0.1, -0.05) is 12.1 Å². The highest BCUT2D eigenvalue weighted by Crippen LogP contribution is 2.15. The molecule has 0 aliphatic carbocycles.